The van der Waals surface area contributed by atoms with Crippen molar-refractivity contribution in [2.24, 2.45) is 11.6 Å². The van der Waals surface area contributed by atoms with E-state index < -0.39 is 12.2 Å². The minimum absolute atomic E-state index is 0.00722. The van der Waals surface area contributed by atoms with Crippen LogP contribution in [0, 0.1) is 0 Å². The van der Waals surface area contributed by atoms with Gasteiger partial charge in [-0.2, -0.15) is 4.58 Å². The molecule has 2 atom stereocenters. The third-order valence-corrected chi connectivity index (χ3v) is 5.60. The lowest BCUT2D eigenvalue weighted by atomic mass is 9.81. The van der Waals surface area contributed by atoms with Gasteiger partial charge in [0.15, 0.2) is 12.3 Å². The zero-order chi connectivity index (χ0) is 29.7. The summed E-state index contributed by atoms with van der Waals surface area (Å²) in [6.07, 6.45) is 6.30. The van der Waals surface area contributed by atoms with Crippen molar-refractivity contribution in [3.05, 3.63) is 53.9 Å². The number of aliphatic hydroxyl groups is 4. The summed E-state index contributed by atoms with van der Waals surface area (Å²) >= 11 is 0. The maximum absolute atomic E-state index is 8.95. The van der Waals surface area contributed by atoms with E-state index in [0.717, 1.165) is 20.1 Å². The maximum Gasteiger partial charge on any atom is 0.209 e. The van der Waals surface area contributed by atoms with Gasteiger partial charge in [0.2, 0.25) is 5.69 Å². The monoisotopic (exact) mass is 539 g/mol. The van der Waals surface area contributed by atoms with Gasteiger partial charge in [0.1, 0.15) is 0 Å². The first-order valence-corrected chi connectivity index (χ1v) is 13.5. The van der Waals surface area contributed by atoms with E-state index in [1.165, 1.54) is 22.0 Å². The summed E-state index contributed by atoms with van der Waals surface area (Å²) in [5, 5.41) is 35.1. The van der Waals surface area contributed by atoms with Crippen molar-refractivity contribution in [1.29, 1.82) is 0 Å². The summed E-state index contributed by atoms with van der Waals surface area (Å²) in [7, 11) is 1.00. The largest absolute Gasteiger partial charge is 0.400 e. The lowest BCUT2D eigenvalue weighted by Gasteiger charge is -2.21. The van der Waals surface area contributed by atoms with Gasteiger partial charge in [-0.1, -0.05) is 52.0 Å². The predicted octanol–water partition coefficient (Wildman–Crippen LogP) is 2.79. The first-order valence-electron chi connectivity index (χ1n) is 13.5. The number of rotatable bonds is 7. The molecule has 0 aliphatic carbocycles. The average molecular weight is 540 g/mol. The molecule has 9 nitrogen and oxygen atoms in total. The Balaban J connectivity index is 0. The molecule has 8 N–H and O–H groups in total. The standard InChI is InChI=1S/C19H29N4O.C5H10O3.2C2H6.CH4O/c1-4-8-18-19(2,3)16-9-5-6-10-17(16)23(18)12-7-11-22(21)13-15(20)14-24;6-4-1-5(7)3-8-2-4;3*1-2/h4-6,8-10,13,24H,7,11-12,14,20-21H2,1-3H3;4-7H,1-3H2;2*1-2H3;2H,1H3/q+1;;;;/b8-4+,15-13-;;;;. The Kier molecular flexibility index (Phi) is 21.6. The molecule has 2 aliphatic heterocycles. The van der Waals surface area contributed by atoms with Gasteiger partial charge in [-0.3, -0.25) is 0 Å². The summed E-state index contributed by atoms with van der Waals surface area (Å²) in [5.41, 5.74) is 9.88. The van der Waals surface area contributed by atoms with E-state index in [9.17, 15) is 0 Å². The minimum atomic E-state index is -0.459. The lowest BCUT2D eigenvalue weighted by molar-refractivity contribution is -0.438. The fourth-order valence-electron chi connectivity index (χ4n) is 4.06. The van der Waals surface area contributed by atoms with E-state index in [0.29, 0.717) is 31.9 Å². The van der Waals surface area contributed by atoms with E-state index in [-0.39, 0.29) is 12.0 Å². The highest BCUT2D eigenvalue weighted by molar-refractivity contribution is 6.02. The van der Waals surface area contributed by atoms with Gasteiger partial charge in [0.05, 0.1) is 43.1 Å². The molecule has 220 valence electrons. The van der Waals surface area contributed by atoms with Crippen LogP contribution in [0.2, 0.25) is 0 Å². The number of hydrogen-bond donors (Lipinski definition) is 6. The molecule has 0 bridgehead atoms. The molecule has 0 amide bonds. The third-order valence-electron chi connectivity index (χ3n) is 5.60. The number of ether oxygens (including phenoxy) is 1. The molecule has 1 saturated heterocycles. The van der Waals surface area contributed by atoms with E-state index in [2.05, 4.69) is 54.8 Å². The molecule has 0 radical (unpaired) electrons. The highest BCUT2D eigenvalue weighted by Gasteiger charge is 2.43. The SMILES string of the molecule is C/C=C/C1=[N+](CCCN(N)/C=C(\N)CO)c2ccccc2C1(C)C.CC.CC.CO.OC1COCC(O)C1. The summed E-state index contributed by atoms with van der Waals surface area (Å²) in [5.74, 6) is 5.90. The smallest absolute Gasteiger partial charge is 0.209 e. The molecule has 2 unspecified atom stereocenters. The van der Waals surface area contributed by atoms with Crippen molar-refractivity contribution in [3.63, 3.8) is 0 Å². The molecule has 0 aromatic heterocycles. The Morgan fingerprint density at radius 2 is 1.66 bits per heavy atom. The average Bonchev–Trinajstić information content (AvgIpc) is 3.14. The number of hydrogen-bond acceptors (Lipinski definition) is 8. The summed E-state index contributed by atoms with van der Waals surface area (Å²) in [6.45, 7) is 16.7. The molecule has 0 saturated carbocycles. The Morgan fingerprint density at radius 3 is 2.13 bits per heavy atom. The Morgan fingerprint density at radius 1 is 1.11 bits per heavy atom. The highest BCUT2D eigenvalue weighted by atomic mass is 16.5. The molecule has 38 heavy (non-hydrogen) atoms. The van der Waals surface area contributed by atoms with Crippen LogP contribution in [0.25, 0.3) is 0 Å². The summed E-state index contributed by atoms with van der Waals surface area (Å²) in [4.78, 5) is 0. The second-order valence-electron chi connectivity index (χ2n) is 8.71. The van der Waals surface area contributed by atoms with Crippen LogP contribution in [0.15, 0.2) is 48.3 Å². The van der Waals surface area contributed by atoms with Gasteiger partial charge in [0.25, 0.3) is 0 Å². The molecule has 1 aromatic rings. The molecule has 1 aromatic carbocycles. The van der Waals surface area contributed by atoms with Gasteiger partial charge in [0, 0.05) is 50.4 Å². The number of fused-ring (bicyclic) bond motifs is 1. The van der Waals surface area contributed by atoms with Crippen molar-refractivity contribution in [1.82, 2.24) is 5.01 Å². The first kappa shape index (κ1) is 37.9. The first-order chi connectivity index (χ1) is 18.2. The fraction of sp³-hybridized carbons (Fsp3) is 0.621. The maximum atomic E-state index is 8.95. The second-order valence-corrected chi connectivity index (χ2v) is 8.71. The molecule has 1 fully saturated rings. The number of nitrogens with zero attached hydrogens (tertiary/aromatic N) is 2. The topological polar surface area (TPSA) is 148 Å². The number of hydrazine groups is 1. The van der Waals surface area contributed by atoms with Crippen LogP contribution in [0.3, 0.4) is 0 Å². The van der Waals surface area contributed by atoms with Crippen molar-refractivity contribution in [2.45, 2.75) is 78.9 Å². The zero-order valence-corrected chi connectivity index (χ0v) is 24.9. The van der Waals surface area contributed by atoms with Crippen molar-refractivity contribution < 1.29 is 29.7 Å². The molecule has 2 aliphatic rings. The van der Waals surface area contributed by atoms with Crippen molar-refractivity contribution in [3.8, 4) is 0 Å². The molecular weight excluding hydrogens is 484 g/mol. The van der Waals surface area contributed by atoms with E-state index in [1.807, 2.05) is 34.6 Å². The number of benzene rings is 1. The zero-order valence-electron chi connectivity index (χ0n) is 24.9. The van der Waals surface area contributed by atoms with Gasteiger partial charge < -0.3 is 35.9 Å². The van der Waals surface area contributed by atoms with Crippen molar-refractivity contribution >= 4 is 11.4 Å². The van der Waals surface area contributed by atoms with Gasteiger partial charge in [-0.15, -0.1) is 0 Å². The van der Waals surface area contributed by atoms with Crippen LogP contribution >= 0.6 is 0 Å². The molecule has 9 heteroatoms. The third kappa shape index (κ3) is 12.5. The van der Waals surface area contributed by atoms with Crippen LogP contribution in [0.5, 0.6) is 0 Å². The van der Waals surface area contributed by atoms with E-state index in [1.54, 1.807) is 6.20 Å². The number of aliphatic hydroxyl groups excluding tert-OH is 4. The van der Waals surface area contributed by atoms with E-state index >= 15 is 0 Å². The predicted molar refractivity (Wildman–Crippen MR) is 157 cm³/mol. The summed E-state index contributed by atoms with van der Waals surface area (Å²) < 4.78 is 7.17. The van der Waals surface area contributed by atoms with Crippen molar-refractivity contribution in [2.75, 3.05) is 40.0 Å². The highest BCUT2D eigenvalue weighted by Crippen LogP contribution is 2.39. The van der Waals surface area contributed by atoms with Gasteiger partial charge in [-0.05, 0) is 20.8 Å². The van der Waals surface area contributed by atoms with Gasteiger partial charge in [-0.25, -0.2) is 5.84 Å². The number of para-hydroxylation sites is 1. The normalized spacial score (nSPS) is 19.4. The molecule has 0 spiro atoms. The van der Waals surface area contributed by atoms with Crippen LogP contribution < -0.4 is 11.6 Å². The Hall–Kier alpha value is -2.27. The molecular formula is C29H55N4O5+. The number of allylic oxidation sites excluding steroid dienone is 2. The molecule has 3 rings (SSSR count). The fourth-order valence-corrected chi connectivity index (χ4v) is 4.06. The number of nitrogens with two attached hydrogens (primary N) is 2. The second kappa shape index (κ2) is 21.6. The quantitative estimate of drug-likeness (QED) is 0.176. The molecule has 2 heterocycles. The minimum Gasteiger partial charge on any atom is -0.400 e. The summed E-state index contributed by atoms with van der Waals surface area (Å²) in [6, 6.07) is 8.57. The van der Waals surface area contributed by atoms with Crippen LogP contribution in [0.1, 0.15) is 66.9 Å². The Labute approximate surface area is 230 Å². The Bertz CT molecular complexity index is 832. The van der Waals surface area contributed by atoms with Crippen LogP contribution in [-0.2, 0) is 10.2 Å². The van der Waals surface area contributed by atoms with Crippen LogP contribution in [0.4, 0.5) is 5.69 Å². The van der Waals surface area contributed by atoms with E-state index in [4.69, 9.17) is 36.7 Å². The van der Waals surface area contributed by atoms with Gasteiger partial charge >= 0.3 is 0 Å². The van der Waals surface area contributed by atoms with Crippen LogP contribution in [-0.4, -0.2) is 88.0 Å². The lowest BCUT2D eigenvalue weighted by Crippen LogP contribution is -2.32.